The molecule has 0 unspecified atom stereocenters. The Morgan fingerprint density at radius 1 is 1.25 bits per heavy atom. The third-order valence-electron chi connectivity index (χ3n) is 6.22. The van der Waals surface area contributed by atoms with Crippen molar-refractivity contribution in [2.24, 2.45) is 0 Å². The van der Waals surface area contributed by atoms with Crippen LogP contribution in [0.4, 0.5) is 16.3 Å². The monoisotopic (exact) mass is 553 g/mol. The molecule has 202 valence electrons. The van der Waals surface area contributed by atoms with Gasteiger partial charge >= 0.3 is 6.09 Å². The van der Waals surface area contributed by atoms with E-state index in [1.807, 2.05) is 69.3 Å². The number of rotatable bonds is 6. The van der Waals surface area contributed by atoms with E-state index in [-0.39, 0.29) is 23.2 Å². The summed E-state index contributed by atoms with van der Waals surface area (Å²) in [6.07, 6.45) is 1.27. The number of carbonyl (C=O) groups excluding carboxylic acids is 1. The molecule has 1 saturated heterocycles. The zero-order chi connectivity index (χ0) is 28.4. The molecule has 10 heteroatoms. The van der Waals surface area contributed by atoms with Crippen LogP contribution in [0.25, 0.3) is 26.9 Å². The molecule has 1 fully saturated rings. The number of nitriles is 1. The van der Waals surface area contributed by atoms with Crippen molar-refractivity contribution in [2.75, 3.05) is 18.9 Å². The Kier molecular flexibility index (Phi) is 7.40. The van der Waals surface area contributed by atoms with Crippen LogP contribution >= 0.6 is 11.8 Å². The molecule has 9 nitrogen and oxygen atoms in total. The second kappa shape index (κ2) is 10.9. The lowest BCUT2D eigenvalue weighted by Crippen LogP contribution is -2.38. The van der Waals surface area contributed by atoms with E-state index in [2.05, 4.69) is 15.9 Å². The predicted molar refractivity (Wildman–Crippen MR) is 153 cm³/mol. The maximum absolute atomic E-state index is 12.7. The summed E-state index contributed by atoms with van der Waals surface area (Å²) in [4.78, 5) is 20.7. The summed E-state index contributed by atoms with van der Waals surface area (Å²) in [5.74, 6) is 1.21. The Hall–Kier alpha value is -4.51. The third kappa shape index (κ3) is 5.46. The number of hydrogen-bond donors (Lipinski definition) is 1. The average Bonchev–Trinajstić information content (AvgIpc) is 3.34. The van der Waals surface area contributed by atoms with Gasteiger partial charge in [0, 0.05) is 22.9 Å². The average molecular weight is 554 g/mol. The van der Waals surface area contributed by atoms with Crippen LogP contribution in [0.15, 0.2) is 59.8 Å². The zero-order valence-electron chi connectivity index (χ0n) is 22.3. The second-order valence-electron chi connectivity index (χ2n) is 10.2. The lowest BCUT2D eigenvalue weighted by Gasteiger charge is -2.26. The number of nitrogen functional groups attached to an aromatic ring is 1. The van der Waals surface area contributed by atoms with Crippen LogP contribution in [-0.2, 0) is 15.2 Å². The van der Waals surface area contributed by atoms with Gasteiger partial charge in [0.25, 0.3) is 0 Å². The van der Waals surface area contributed by atoms with Crippen molar-refractivity contribution in [2.45, 2.75) is 43.3 Å². The SMILES string of the molecule is [C-]#[N+]c1c(N)nc(SCc2cccc3c2ccn3C(=O)OC(C)(C)C)c(C#N)c1-c1ccc(OC2COC2)cc1. The Labute approximate surface area is 236 Å². The molecule has 0 radical (unpaired) electrons. The zero-order valence-corrected chi connectivity index (χ0v) is 23.1. The summed E-state index contributed by atoms with van der Waals surface area (Å²) in [6.45, 7) is 14.3. The Morgan fingerprint density at radius 3 is 2.62 bits per heavy atom. The van der Waals surface area contributed by atoms with Gasteiger partial charge in [-0.05, 0) is 56.2 Å². The molecule has 1 aliphatic rings. The van der Waals surface area contributed by atoms with Gasteiger partial charge in [-0.25, -0.2) is 14.6 Å². The highest BCUT2D eigenvalue weighted by molar-refractivity contribution is 7.98. The minimum absolute atomic E-state index is 0.0318. The smallest absolute Gasteiger partial charge is 0.418 e. The number of carbonyl (C=O) groups is 1. The number of aromatic nitrogens is 2. The molecule has 1 aliphatic heterocycles. The van der Waals surface area contributed by atoms with Gasteiger partial charge in [-0.2, -0.15) is 5.26 Å². The standard InChI is InChI=1S/C30H27N5O4S/c1-30(2,3)39-29(36)35-13-12-22-19(6-5-7-24(22)35)17-40-28-23(14-31)25(26(33-4)27(32)34-28)18-8-10-20(11-9-18)38-21-15-37-16-21/h5-13,21H,15-17H2,1-3H3,(H2,32,34). The van der Waals surface area contributed by atoms with E-state index >= 15 is 0 Å². The molecule has 4 aromatic rings. The number of pyridine rings is 1. The highest BCUT2D eigenvalue weighted by Crippen LogP contribution is 2.42. The minimum atomic E-state index is -0.617. The first-order valence-corrected chi connectivity index (χ1v) is 13.6. The van der Waals surface area contributed by atoms with E-state index in [1.165, 1.54) is 16.3 Å². The molecular weight excluding hydrogens is 526 g/mol. The molecule has 2 aromatic carbocycles. The van der Waals surface area contributed by atoms with Crippen LogP contribution in [0, 0.1) is 17.9 Å². The predicted octanol–water partition coefficient (Wildman–Crippen LogP) is 6.56. The van der Waals surface area contributed by atoms with Crippen molar-refractivity contribution in [1.82, 2.24) is 9.55 Å². The van der Waals surface area contributed by atoms with Gasteiger partial charge in [0.1, 0.15) is 34.4 Å². The summed E-state index contributed by atoms with van der Waals surface area (Å²) < 4.78 is 18.0. The summed E-state index contributed by atoms with van der Waals surface area (Å²) in [5, 5.41) is 11.5. The second-order valence-corrected chi connectivity index (χ2v) is 11.2. The largest absolute Gasteiger partial charge is 0.486 e. The molecule has 3 heterocycles. The van der Waals surface area contributed by atoms with Gasteiger partial charge in [0.05, 0.1) is 30.9 Å². The quantitative estimate of drug-likeness (QED) is 0.211. The van der Waals surface area contributed by atoms with Crippen LogP contribution in [-0.4, -0.2) is 40.6 Å². The molecule has 40 heavy (non-hydrogen) atoms. The van der Waals surface area contributed by atoms with Gasteiger partial charge in [0.15, 0.2) is 0 Å². The first kappa shape index (κ1) is 27.1. The summed E-state index contributed by atoms with van der Waals surface area (Å²) in [6, 6.07) is 17.1. The van der Waals surface area contributed by atoms with Gasteiger partial charge in [-0.15, -0.1) is 11.8 Å². The van der Waals surface area contributed by atoms with Crippen LogP contribution in [0.2, 0.25) is 0 Å². The van der Waals surface area contributed by atoms with Crippen LogP contribution in [0.3, 0.4) is 0 Å². The van der Waals surface area contributed by atoms with Crippen molar-refractivity contribution in [3.05, 3.63) is 77.3 Å². The molecule has 0 atom stereocenters. The first-order chi connectivity index (χ1) is 19.2. The van der Waals surface area contributed by atoms with E-state index in [4.69, 9.17) is 26.5 Å². The molecule has 0 saturated carbocycles. The maximum atomic E-state index is 12.7. The van der Waals surface area contributed by atoms with Crippen LogP contribution in [0.5, 0.6) is 5.75 Å². The molecule has 2 aromatic heterocycles. The van der Waals surface area contributed by atoms with Crippen LogP contribution < -0.4 is 10.5 Å². The topological polar surface area (TPSA) is 117 Å². The van der Waals surface area contributed by atoms with E-state index in [0.29, 0.717) is 40.9 Å². The molecule has 0 amide bonds. The van der Waals surface area contributed by atoms with Crippen molar-refractivity contribution in [3.63, 3.8) is 0 Å². The highest BCUT2D eigenvalue weighted by atomic mass is 32.2. The lowest BCUT2D eigenvalue weighted by atomic mass is 10.00. The first-order valence-electron chi connectivity index (χ1n) is 12.6. The number of hydrogen-bond acceptors (Lipinski definition) is 8. The summed E-state index contributed by atoms with van der Waals surface area (Å²) >= 11 is 1.35. The highest BCUT2D eigenvalue weighted by Gasteiger charge is 2.23. The lowest BCUT2D eigenvalue weighted by molar-refractivity contribution is -0.0796. The third-order valence-corrected chi connectivity index (χ3v) is 7.24. The van der Waals surface area contributed by atoms with E-state index < -0.39 is 11.7 Å². The Bertz CT molecular complexity index is 1670. The minimum Gasteiger partial charge on any atom is -0.486 e. The fourth-order valence-corrected chi connectivity index (χ4v) is 5.32. The molecule has 2 N–H and O–H groups in total. The van der Waals surface area contributed by atoms with Crippen molar-refractivity contribution in [1.29, 1.82) is 5.26 Å². The van der Waals surface area contributed by atoms with Crippen molar-refractivity contribution in [3.8, 4) is 22.9 Å². The molecule has 0 aliphatic carbocycles. The fourth-order valence-electron chi connectivity index (χ4n) is 4.32. The molecule has 0 bridgehead atoms. The van der Waals surface area contributed by atoms with Gasteiger partial charge < -0.3 is 19.9 Å². The fraction of sp³-hybridized carbons (Fsp3) is 0.267. The van der Waals surface area contributed by atoms with Crippen molar-refractivity contribution < 1.29 is 19.0 Å². The van der Waals surface area contributed by atoms with E-state index in [0.717, 1.165) is 16.5 Å². The Morgan fingerprint density at radius 2 is 2.00 bits per heavy atom. The number of fused-ring (bicyclic) bond motifs is 1. The van der Waals surface area contributed by atoms with E-state index in [9.17, 15) is 10.1 Å². The van der Waals surface area contributed by atoms with E-state index in [1.54, 1.807) is 6.20 Å². The van der Waals surface area contributed by atoms with Gasteiger partial charge in [0.2, 0.25) is 5.69 Å². The summed E-state index contributed by atoms with van der Waals surface area (Å²) in [5.41, 5.74) is 8.81. The number of nitrogens with two attached hydrogens (primary N) is 1. The van der Waals surface area contributed by atoms with Crippen molar-refractivity contribution >= 4 is 40.3 Å². The number of ether oxygens (including phenoxy) is 3. The number of anilines is 1. The van der Waals surface area contributed by atoms with Gasteiger partial charge in [-0.1, -0.05) is 24.3 Å². The number of benzene rings is 2. The Balaban J connectivity index is 1.45. The van der Waals surface area contributed by atoms with Gasteiger partial charge in [-0.3, -0.25) is 4.57 Å². The van der Waals surface area contributed by atoms with Crippen LogP contribution in [0.1, 0.15) is 31.9 Å². The maximum Gasteiger partial charge on any atom is 0.418 e. The normalized spacial score (nSPS) is 13.3. The molecular formula is C30H27N5O4S. The molecule has 5 rings (SSSR count). The number of nitrogens with zero attached hydrogens (tertiary/aromatic N) is 4. The molecule has 0 spiro atoms. The number of thioether (sulfide) groups is 1. The summed E-state index contributed by atoms with van der Waals surface area (Å²) in [7, 11) is 0.